The van der Waals surface area contributed by atoms with Crippen molar-refractivity contribution in [2.75, 3.05) is 37.8 Å². The summed E-state index contributed by atoms with van der Waals surface area (Å²) < 4.78 is 1.93. The summed E-state index contributed by atoms with van der Waals surface area (Å²) in [5.74, 6) is 1.12. The van der Waals surface area contributed by atoms with Gasteiger partial charge < -0.3 is 9.80 Å². The van der Waals surface area contributed by atoms with Crippen LogP contribution in [-0.2, 0) is 4.79 Å². The lowest BCUT2D eigenvalue weighted by Crippen LogP contribution is -2.29. The Labute approximate surface area is 196 Å². The first kappa shape index (κ1) is 22.0. The van der Waals surface area contributed by atoms with Crippen LogP contribution in [0.15, 0.2) is 47.6 Å². The number of thioether (sulfide) groups is 1. The van der Waals surface area contributed by atoms with E-state index in [9.17, 15) is 4.79 Å². The summed E-state index contributed by atoms with van der Waals surface area (Å²) in [5, 5.41) is 10.4. The molecule has 1 saturated heterocycles. The maximum absolute atomic E-state index is 12.6. The van der Waals surface area contributed by atoms with Crippen LogP contribution in [0.4, 0.5) is 5.69 Å². The maximum Gasteiger partial charge on any atom is 0.233 e. The van der Waals surface area contributed by atoms with Crippen molar-refractivity contribution in [2.45, 2.75) is 18.0 Å². The van der Waals surface area contributed by atoms with Gasteiger partial charge >= 0.3 is 0 Å². The molecule has 0 spiro atoms. The van der Waals surface area contributed by atoms with Gasteiger partial charge in [0.15, 0.2) is 11.0 Å². The molecular weight excluding hydrogens is 453 g/mol. The van der Waals surface area contributed by atoms with Crippen LogP contribution in [0.2, 0.25) is 10.0 Å². The molecule has 0 radical (unpaired) electrons. The van der Waals surface area contributed by atoms with Gasteiger partial charge in [0.25, 0.3) is 0 Å². The minimum Gasteiger partial charge on any atom is -0.378 e. The van der Waals surface area contributed by atoms with Crippen molar-refractivity contribution in [3.05, 3.63) is 52.5 Å². The zero-order valence-corrected chi connectivity index (χ0v) is 19.7. The second kappa shape index (κ2) is 9.51. The molecule has 9 heteroatoms. The molecule has 1 aliphatic heterocycles. The first-order valence-corrected chi connectivity index (χ1v) is 11.8. The first-order valence-electron chi connectivity index (χ1n) is 10.0. The average molecular weight is 476 g/mol. The number of likely N-dealkylation sites (tertiary alicyclic amines) is 1. The number of amides is 1. The van der Waals surface area contributed by atoms with Crippen LogP contribution in [0.25, 0.3) is 17.1 Å². The van der Waals surface area contributed by atoms with E-state index in [1.807, 2.05) is 52.7 Å². The van der Waals surface area contributed by atoms with Gasteiger partial charge in [-0.3, -0.25) is 9.36 Å². The highest BCUT2D eigenvalue weighted by molar-refractivity contribution is 7.99. The molecule has 1 amide bonds. The molecule has 1 fully saturated rings. The molecule has 2 aromatic carbocycles. The van der Waals surface area contributed by atoms with Crippen molar-refractivity contribution >= 4 is 46.6 Å². The third kappa shape index (κ3) is 4.84. The van der Waals surface area contributed by atoms with Gasteiger partial charge in [0.1, 0.15) is 0 Å². The lowest BCUT2D eigenvalue weighted by Gasteiger charge is -2.16. The van der Waals surface area contributed by atoms with Gasteiger partial charge in [-0.05, 0) is 43.2 Å². The predicted molar refractivity (Wildman–Crippen MR) is 128 cm³/mol. The van der Waals surface area contributed by atoms with E-state index in [4.69, 9.17) is 23.2 Å². The molecule has 0 atom stereocenters. The molecule has 0 bridgehead atoms. The lowest BCUT2D eigenvalue weighted by atomic mass is 10.1. The van der Waals surface area contributed by atoms with Crippen molar-refractivity contribution in [1.29, 1.82) is 0 Å². The summed E-state index contributed by atoms with van der Waals surface area (Å²) in [5.41, 5.74) is 2.77. The third-order valence-corrected chi connectivity index (χ3v) is 6.85. The molecule has 0 N–H and O–H groups in total. The van der Waals surface area contributed by atoms with Crippen molar-refractivity contribution < 1.29 is 4.79 Å². The van der Waals surface area contributed by atoms with Gasteiger partial charge in [0.05, 0.1) is 21.5 Å². The van der Waals surface area contributed by atoms with Gasteiger partial charge in [-0.15, -0.1) is 10.2 Å². The molecule has 1 aliphatic rings. The number of aromatic nitrogens is 3. The third-order valence-electron chi connectivity index (χ3n) is 5.20. The van der Waals surface area contributed by atoms with E-state index in [1.54, 1.807) is 12.1 Å². The molecule has 162 valence electrons. The minimum atomic E-state index is 0.127. The maximum atomic E-state index is 12.6. The number of halogens is 2. The molecule has 0 aliphatic carbocycles. The standard InChI is InChI=1S/C22H23Cl2N5OS/c1-27(2)16-7-5-6-15(12-16)21-25-26-22(31-14-20(30)28-10-3-4-11-28)29(21)17-8-9-18(23)19(24)13-17/h5-9,12-13H,3-4,10-11,14H2,1-2H3. The highest BCUT2D eigenvalue weighted by Crippen LogP contribution is 2.32. The van der Waals surface area contributed by atoms with Crippen molar-refractivity contribution in [3.8, 4) is 17.1 Å². The summed E-state index contributed by atoms with van der Waals surface area (Å²) in [6.07, 6.45) is 2.14. The second-order valence-corrected chi connectivity index (χ2v) is 9.32. The van der Waals surface area contributed by atoms with Crippen LogP contribution in [-0.4, -0.2) is 58.5 Å². The molecule has 0 unspecified atom stereocenters. The van der Waals surface area contributed by atoms with E-state index in [0.717, 1.165) is 42.9 Å². The zero-order valence-electron chi connectivity index (χ0n) is 17.4. The molecule has 4 rings (SSSR count). The number of hydrogen-bond acceptors (Lipinski definition) is 5. The Bertz CT molecular complexity index is 1100. The van der Waals surface area contributed by atoms with Crippen LogP contribution < -0.4 is 4.90 Å². The highest BCUT2D eigenvalue weighted by Gasteiger charge is 2.22. The molecular formula is C22H23Cl2N5OS. The number of anilines is 1. The van der Waals surface area contributed by atoms with Crippen LogP contribution in [0.1, 0.15) is 12.8 Å². The fraction of sp³-hybridized carbons (Fsp3) is 0.318. The predicted octanol–water partition coefficient (Wildman–Crippen LogP) is 5.02. The highest BCUT2D eigenvalue weighted by atomic mass is 35.5. The summed E-state index contributed by atoms with van der Waals surface area (Å²) >= 11 is 13.8. The lowest BCUT2D eigenvalue weighted by molar-refractivity contribution is -0.127. The Kier molecular flexibility index (Phi) is 6.74. The van der Waals surface area contributed by atoms with Crippen molar-refractivity contribution in [2.24, 2.45) is 0 Å². The van der Waals surface area contributed by atoms with E-state index in [2.05, 4.69) is 16.3 Å². The Hall–Kier alpha value is -2.22. The number of hydrogen-bond donors (Lipinski definition) is 0. The zero-order chi connectivity index (χ0) is 22.0. The molecule has 2 heterocycles. The number of benzene rings is 2. The SMILES string of the molecule is CN(C)c1cccc(-c2nnc(SCC(=O)N3CCCC3)n2-c2ccc(Cl)c(Cl)c2)c1. The Morgan fingerprint density at radius 1 is 1.06 bits per heavy atom. The fourth-order valence-corrected chi connectivity index (χ4v) is 4.66. The quantitative estimate of drug-likeness (QED) is 0.468. The summed E-state index contributed by atoms with van der Waals surface area (Å²) in [7, 11) is 3.99. The van der Waals surface area contributed by atoms with Crippen LogP contribution in [0, 0.1) is 0 Å². The van der Waals surface area contributed by atoms with E-state index in [1.165, 1.54) is 11.8 Å². The molecule has 3 aromatic rings. The second-order valence-electron chi connectivity index (χ2n) is 7.56. The van der Waals surface area contributed by atoms with E-state index >= 15 is 0 Å². The number of rotatable bonds is 6. The van der Waals surface area contributed by atoms with Gasteiger partial charge in [-0.1, -0.05) is 47.1 Å². The Balaban J connectivity index is 1.72. The van der Waals surface area contributed by atoms with E-state index in [0.29, 0.717) is 26.8 Å². The summed E-state index contributed by atoms with van der Waals surface area (Å²) in [6, 6.07) is 13.5. The Morgan fingerprint density at radius 3 is 2.55 bits per heavy atom. The molecule has 1 aromatic heterocycles. The van der Waals surface area contributed by atoms with Gasteiger partial charge in [0.2, 0.25) is 5.91 Å². The largest absolute Gasteiger partial charge is 0.378 e. The fourth-order valence-electron chi connectivity index (χ4n) is 3.51. The number of carbonyl (C=O) groups is 1. The summed E-state index contributed by atoms with van der Waals surface area (Å²) in [4.78, 5) is 16.5. The van der Waals surface area contributed by atoms with Crippen molar-refractivity contribution in [3.63, 3.8) is 0 Å². The molecule has 6 nitrogen and oxygen atoms in total. The van der Waals surface area contributed by atoms with Gasteiger partial charge in [0, 0.05) is 38.4 Å². The minimum absolute atomic E-state index is 0.127. The smallest absolute Gasteiger partial charge is 0.233 e. The topological polar surface area (TPSA) is 54.3 Å². The monoisotopic (exact) mass is 475 g/mol. The normalized spacial score (nSPS) is 13.6. The molecule has 31 heavy (non-hydrogen) atoms. The van der Waals surface area contributed by atoms with E-state index in [-0.39, 0.29) is 5.91 Å². The van der Waals surface area contributed by atoms with E-state index < -0.39 is 0 Å². The Morgan fingerprint density at radius 2 is 1.84 bits per heavy atom. The average Bonchev–Trinajstić information content (AvgIpc) is 3.44. The van der Waals surface area contributed by atoms with Gasteiger partial charge in [-0.2, -0.15) is 0 Å². The van der Waals surface area contributed by atoms with Crippen LogP contribution in [0.3, 0.4) is 0 Å². The van der Waals surface area contributed by atoms with Crippen molar-refractivity contribution in [1.82, 2.24) is 19.7 Å². The first-order chi connectivity index (χ1) is 14.9. The molecule has 0 saturated carbocycles. The number of carbonyl (C=O) groups excluding carboxylic acids is 1. The summed E-state index contributed by atoms with van der Waals surface area (Å²) in [6.45, 7) is 1.67. The van der Waals surface area contributed by atoms with Gasteiger partial charge in [-0.25, -0.2) is 0 Å². The van der Waals surface area contributed by atoms with Crippen LogP contribution in [0.5, 0.6) is 0 Å². The van der Waals surface area contributed by atoms with Crippen LogP contribution >= 0.6 is 35.0 Å². The number of nitrogens with zero attached hydrogens (tertiary/aromatic N) is 5.